The number of carboxylic acids is 1. The lowest BCUT2D eigenvalue weighted by atomic mass is 10.2. The van der Waals surface area contributed by atoms with Crippen LogP contribution in [0, 0.1) is 0 Å². The van der Waals surface area contributed by atoms with Gasteiger partial charge in [0.2, 0.25) is 0 Å². The van der Waals surface area contributed by atoms with Crippen LogP contribution in [0.15, 0.2) is 48.5 Å². The molecule has 2 aliphatic rings. The summed E-state index contributed by atoms with van der Waals surface area (Å²) in [5.41, 5.74) is 1.90. The SMILES string of the molecule is O=C(O)[C@@H]1C[C@H](OC2CCCCO2)CN1C(=O)OCn1c2ccccc2c2ccccc21. The summed E-state index contributed by atoms with van der Waals surface area (Å²) < 4.78 is 19.1. The predicted molar refractivity (Wildman–Crippen MR) is 117 cm³/mol. The number of aliphatic carboxylic acids is 1. The summed E-state index contributed by atoms with van der Waals surface area (Å²) in [5, 5.41) is 11.8. The largest absolute Gasteiger partial charge is 0.480 e. The molecule has 2 aliphatic heterocycles. The van der Waals surface area contributed by atoms with Gasteiger partial charge in [-0.25, -0.2) is 9.59 Å². The molecular weight excluding hydrogens is 412 g/mol. The van der Waals surface area contributed by atoms with Crippen molar-refractivity contribution in [1.29, 1.82) is 0 Å². The first-order valence-corrected chi connectivity index (χ1v) is 11.0. The first-order chi connectivity index (χ1) is 15.6. The van der Waals surface area contributed by atoms with Crippen LogP contribution in [0.3, 0.4) is 0 Å². The molecule has 0 radical (unpaired) electrons. The van der Waals surface area contributed by atoms with Crippen molar-refractivity contribution in [2.75, 3.05) is 13.2 Å². The summed E-state index contributed by atoms with van der Waals surface area (Å²) in [6, 6.07) is 14.9. The maximum Gasteiger partial charge on any atom is 0.412 e. The van der Waals surface area contributed by atoms with Crippen molar-refractivity contribution in [2.45, 2.75) is 50.8 Å². The van der Waals surface area contributed by atoms with Gasteiger partial charge in [0.15, 0.2) is 13.0 Å². The second-order valence-corrected chi connectivity index (χ2v) is 8.30. The zero-order chi connectivity index (χ0) is 22.1. The summed E-state index contributed by atoms with van der Waals surface area (Å²) >= 11 is 0. The molecule has 8 heteroatoms. The number of likely N-dealkylation sites (tertiary alicyclic amines) is 1. The maximum atomic E-state index is 12.9. The van der Waals surface area contributed by atoms with E-state index < -0.39 is 18.1 Å². The lowest BCUT2D eigenvalue weighted by Crippen LogP contribution is -2.41. The summed E-state index contributed by atoms with van der Waals surface area (Å²) in [6.45, 7) is 0.806. The maximum absolute atomic E-state index is 12.9. The Hall–Kier alpha value is -3.10. The van der Waals surface area contributed by atoms with Crippen LogP contribution in [0.1, 0.15) is 25.7 Å². The van der Waals surface area contributed by atoms with Crippen molar-refractivity contribution in [2.24, 2.45) is 0 Å². The van der Waals surface area contributed by atoms with Crippen molar-refractivity contribution in [3.05, 3.63) is 48.5 Å². The van der Waals surface area contributed by atoms with Crippen molar-refractivity contribution in [3.8, 4) is 0 Å². The molecule has 168 valence electrons. The highest BCUT2D eigenvalue weighted by molar-refractivity contribution is 6.07. The van der Waals surface area contributed by atoms with Gasteiger partial charge in [-0.15, -0.1) is 0 Å². The number of hydrogen-bond donors (Lipinski definition) is 1. The van der Waals surface area contributed by atoms with E-state index in [2.05, 4.69) is 0 Å². The van der Waals surface area contributed by atoms with Crippen molar-refractivity contribution in [1.82, 2.24) is 9.47 Å². The molecule has 1 unspecified atom stereocenters. The Morgan fingerprint density at radius 1 is 1.03 bits per heavy atom. The molecule has 0 bridgehead atoms. The Labute approximate surface area is 185 Å². The fourth-order valence-corrected chi connectivity index (χ4v) is 4.71. The van der Waals surface area contributed by atoms with Gasteiger partial charge in [0, 0.05) is 23.8 Å². The topological polar surface area (TPSA) is 90.2 Å². The molecule has 3 aromatic rings. The number of benzene rings is 2. The number of carbonyl (C=O) groups excluding carboxylic acids is 1. The number of para-hydroxylation sites is 2. The Morgan fingerprint density at radius 3 is 2.34 bits per heavy atom. The van der Waals surface area contributed by atoms with Crippen LogP contribution in [0.2, 0.25) is 0 Å². The highest BCUT2D eigenvalue weighted by Gasteiger charge is 2.42. The molecule has 2 aromatic carbocycles. The number of ether oxygens (including phenoxy) is 3. The zero-order valence-corrected chi connectivity index (χ0v) is 17.7. The third-order valence-corrected chi connectivity index (χ3v) is 6.26. The highest BCUT2D eigenvalue weighted by Crippen LogP contribution is 2.29. The van der Waals surface area contributed by atoms with Crippen molar-refractivity contribution in [3.63, 3.8) is 0 Å². The minimum Gasteiger partial charge on any atom is -0.480 e. The fourth-order valence-electron chi connectivity index (χ4n) is 4.71. The number of hydrogen-bond acceptors (Lipinski definition) is 5. The zero-order valence-electron chi connectivity index (χ0n) is 17.7. The third-order valence-electron chi connectivity index (χ3n) is 6.26. The van der Waals surface area contributed by atoms with Gasteiger partial charge in [-0.05, 0) is 31.4 Å². The fraction of sp³-hybridized carbons (Fsp3) is 0.417. The lowest BCUT2D eigenvalue weighted by Gasteiger charge is -2.25. The second kappa shape index (κ2) is 8.80. The van der Waals surface area contributed by atoms with Crippen molar-refractivity contribution < 1.29 is 28.9 Å². The van der Waals surface area contributed by atoms with E-state index in [4.69, 9.17) is 14.2 Å². The van der Waals surface area contributed by atoms with Crippen LogP contribution in [0.25, 0.3) is 21.8 Å². The number of rotatable bonds is 5. The van der Waals surface area contributed by atoms with E-state index in [9.17, 15) is 14.7 Å². The summed E-state index contributed by atoms with van der Waals surface area (Å²) in [4.78, 5) is 26.0. The summed E-state index contributed by atoms with van der Waals surface area (Å²) in [6.07, 6.45) is 1.64. The van der Waals surface area contributed by atoms with Crippen LogP contribution < -0.4 is 0 Å². The van der Waals surface area contributed by atoms with Gasteiger partial charge in [-0.3, -0.25) is 4.90 Å². The first kappa shape index (κ1) is 20.8. The van der Waals surface area contributed by atoms with Gasteiger partial charge in [-0.2, -0.15) is 0 Å². The molecule has 3 heterocycles. The number of carbonyl (C=O) groups is 2. The minimum absolute atomic E-state index is 0.00699. The van der Waals surface area contributed by atoms with Crippen LogP contribution >= 0.6 is 0 Å². The van der Waals surface area contributed by atoms with E-state index in [-0.39, 0.29) is 32.1 Å². The first-order valence-electron chi connectivity index (χ1n) is 11.0. The normalized spacial score (nSPS) is 23.6. The predicted octanol–water partition coefficient (Wildman–Crippen LogP) is 3.96. The average molecular weight is 438 g/mol. The Kier molecular flexibility index (Phi) is 5.71. The molecule has 0 spiro atoms. The molecule has 1 amide bonds. The van der Waals surface area contributed by atoms with Crippen LogP contribution in [0.5, 0.6) is 0 Å². The molecule has 2 fully saturated rings. The quantitative estimate of drug-likeness (QED) is 0.649. The Bertz CT molecular complexity index is 1080. The molecule has 5 rings (SSSR count). The van der Waals surface area contributed by atoms with E-state index in [0.29, 0.717) is 6.61 Å². The molecule has 0 aliphatic carbocycles. The summed E-state index contributed by atoms with van der Waals surface area (Å²) in [7, 11) is 0. The van der Waals surface area contributed by atoms with Crippen LogP contribution in [-0.4, -0.2) is 58.2 Å². The molecule has 3 atom stereocenters. The minimum atomic E-state index is -1.06. The Morgan fingerprint density at radius 2 is 1.72 bits per heavy atom. The second-order valence-electron chi connectivity index (χ2n) is 8.30. The molecule has 8 nitrogen and oxygen atoms in total. The standard InChI is InChI=1S/C24H26N2O6/c27-23(28)21-13-16(32-22-11-5-6-12-30-22)14-25(21)24(29)31-15-26-19-9-3-1-7-17(19)18-8-2-4-10-20(18)26/h1-4,7-10,16,21-22H,5-6,11-15H2,(H,27,28)/t16-,21-,22?/m0/s1. The van der Waals surface area contributed by atoms with Gasteiger partial charge < -0.3 is 23.9 Å². The molecular formula is C24H26N2O6. The average Bonchev–Trinajstić information content (AvgIpc) is 3.38. The number of nitrogens with zero attached hydrogens (tertiary/aromatic N) is 2. The lowest BCUT2D eigenvalue weighted by molar-refractivity contribution is -0.185. The Balaban J connectivity index is 1.31. The smallest absolute Gasteiger partial charge is 0.412 e. The molecule has 1 N–H and O–H groups in total. The van der Waals surface area contributed by atoms with Crippen LogP contribution in [-0.2, 0) is 25.7 Å². The van der Waals surface area contributed by atoms with E-state index in [0.717, 1.165) is 41.1 Å². The highest BCUT2D eigenvalue weighted by atomic mass is 16.7. The van der Waals surface area contributed by atoms with Gasteiger partial charge in [0.25, 0.3) is 0 Å². The van der Waals surface area contributed by atoms with Crippen LogP contribution in [0.4, 0.5) is 4.79 Å². The van der Waals surface area contributed by atoms with E-state index >= 15 is 0 Å². The monoisotopic (exact) mass is 438 g/mol. The number of aromatic nitrogens is 1. The van der Waals surface area contributed by atoms with Gasteiger partial charge in [0.1, 0.15) is 6.04 Å². The molecule has 0 saturated carbocycles. The van der Waals surface area contributed by atoms with E-state index in [1.165, 1.54) is 4.90 Å². The molecule has 32 heavy (non-hydrogen) atoms. The molecule has 1 aromatic heterocycles. The number of carboxylic acid groups (broad SMARTS) is 1. The summed E-state index contributed by atoms with van der Waals surface area (Å²) in [5.74, 6) is -1.06. The van der Waals surface area contributed by atoms with Crippen molar-refractivity contribution >= 4 is 33.9 Å². The van der Waals surface area contributed by atoms with E-state index in [1.54, 1.807) is 0 Å². The van der Waals surface area contributed by atoms with E-state index in [1.807, 2.05) is 53.1 Å². The van der Waals surface area contributed by atoms with Gasteiger partial charge >= 0.3 is 12.1 Å². The number of amides is 1. The number of fused-ring (bicyclic) bond motifs is 3. The molecule has 2 saturated heterocycles. The van der Waals surface area contributed by atoms with Gasteiger partial charge in [0.05, 0.1) is 23.7 Å². The van der Waals surface area contributed by atoms with Gasteiger partial charge in [-0.1, -0.05) is 36.4 Å². The third kappa shape index (κ3) is 3.91.